The minimum absolute atomic E-state index is 0.943. The van der Waals surface area contributed by atoms with Crippen molar-refractivity contribution >= 4 is 25.3 Å². The average molecular weight is 286 g/mol. The van der Waals surface area contributed by atoms with E-state index in [9.17, 15) is 0 Å². The third-order valence-electron chi connectivity index (χ3n) is 3.23. The van der Waals surface area contributed by atoms with Gasteiger partial charge in [0.25, 0.3) is 0 Å². The first-order chi connectivity index (χ1) is 9.20. The fraction of sp³-hybridized carbons (Fsp3) is 0.176. The molecule has 0 bridgehead atoms. The Morgan fingerprint density at radius 1 is 0.842 bits per heavy atom. The van der Waals surface area contributed by atoms with Crippen molar-refractivity contribution in [3.05, 3.63) is 71.3 Å². The van der Waals surface area contributed by atoms with Crippen LogP contribution in [0.3, 0.4) is 0 Å². The average Bonchev–Trinajstić information content (AvgIpc) is 2.42. The fourth-order valence-corrected chi connectivity index (χ4v) is 2.56. The molecule has 98 valence electrons. The van der Waals surface area contributed by atoms with Gasteiger partial charge in [0.2, 0.25) is 0 Å². The Labute approximate surface area is 126 Å². The number of thiol groups is 2. The Balaban J connectivity index is 2.15. The molecule has 2 rings (SSSR count). The molecule has 0 unspecified atom stereocenters. The zero-order chi connectivity index (χ0) is 13.7. The summed E-state index contributed by atoms with van der Waals surface area (Å²) in [5, 5.41) is 0. The molecule has 0 fully saturated rings. The van der Waals surface area contributed by atoms with Gasteiger partial charge in [-0.1, -0.05) is 48.0 Å². The van der Waals surface area contributed by atoms with Crippen LogP contribution in [0.25, 0.3) is 0 Å². The third-order valence-corrected chi connectivity index (χ3v) is 4.10. The molecule has 0 saturated heterocycles. The monoisotopic (exact) mass is 286 g/mol. The zero-order valence-corrected chi connectivity index (χ0v) is 12.8. The van der Waals surface area contributed by atoms with Gasteiger partial charge in [0, 0.05) is 9.79 Å². The van der Waals surface area contributed by atoms with Crippen molar-refractivity contribution in [3.8, 4) is 0 Å². The molecule has 0 aliphatic rings. The Bertz CT molecular complexity index is 536. The Morgan fingerprint density at radius 2 is 1.26 bits per heavy atom. The van der Waals surface area contributed by atoms with Gasteiger partial charge in [-0.3, -0.25) is 0 Å². The van der Waals surface area contributed by atoms with E-state index in [4.69, 9.17) is 0 Å². The number of hydrogen-bond acceptors (Lipinski definition) is 2. The largest absolute Gasteiger partial charge is 0.143 e. The molecule has 0 aliphatic carbocycles. The van der Waals surface area contributed by atoms with Crippen LogP contribution in [0.5, 0.6) is 0 Å². The van der Waals surface area contributed by atoms with Crippen molar-refractivity contribution in [1.82, 2.24) is 0 Å². The molecule has 0 atom stereocenters. The van der Waals surface area contributed by atoms with Crippen molar-refractivity contribution in [2.75, 3.05) is 0 Å². The minimum atomic E-state index is 0.943. The van der Waals surface area contributed by atoms with Gasteiger partial charge in [-0.25, -0.2) is 0 Å². The van der Waals surface area contributed by atoms with Crippen LogP contribution >= 0.6 is 25.3 Å². The van der Waals surface area contributed by atoms with E-state index in [2.05, 4.69) is 62.5 Å². The second kappa shape index (κ2) is 6.88. The van der Waals surface area contributed by atoms with Gasteiger partial charge in [0.05, 0.1) is 0 Å². The minimum Gasteiger partial charge on any atom is -0.143 e. The summed E-state index contributed by atoms with van der Waals surface area (Å²) in [6.45, 7) is 2.09. The number of benzene rings is 2. The van der Waals surface area contributed by atoms with E-state index in [1.165, 1.54) is 16.7 Å². The lowest BCUT2D eigenvalue weighted by Crippen LogP contribution is -1.97. The first kappa shape index (κ1) is 14.3. The molecule has 2 aromatic rings. The lowest BCUT2D eigenvalue weighted by atomic mass is 9.98. The van der Waals surface area contributed by atoms with Gasteiger partial charge in [0.1, 0.15) is 0 Å². The van der Waals surface area contributed by atoms with E-state index in [1.54, 1.807) is 0 Å². The first-order valence-electron chi connectivity index (χ1n) is 6.38. The molecule has 0 N–H and O–H groups in total. The van der Waals surface area contributed by atoms with Gasteiger partial charge in [-0.05, 0) is 43.0 Å². The van der Waals surface area contributed by atoms with E-state index in [0.29, 0.717) is 0 Å². The van der Waals surface area contributed by atoms with Gasteiger partial charge in [-0.2, -0.15) is 0 Å². The highest BCUT2D eigenvalue weighted by Gasteiger charge is 2.05. The van der Waals surface area contributed by atoms with Crippen molar-refractivity contribution in [2.24, 2.45) is 0 Å². The first-order valence-corrected chi connectivity index (χ1v) is 7.28. The van der Waals surface area contributed by atoms with Gasteiger partial charge < -0.3 is 0 Å². The lowest BCUT2D eigenvalue weighted by Gasteiger charge is -2.11. The number of rotatable bonds is 4. The quantitative estimate of drug-likeness (QED) is 0.574. The molecule has 2 aromatic carbocycles. The predicted octanol–water partition coefficient (Wildman–Crippen LogP) is 5.00. The lowest BCUT2D eigenvalue weighted by molar-refractivity contribution is 0.987. The summed E-state index contributed by atoms with van der Waals surface area (Å²) in [6.07, 6.45) is 4.08. The molecule has 0 nitrogen and oxygen atoms in total. The maximum Gasteiger partial charge on any atom is 0.00752 e. The van der Waals surface area contributed by atoms with Crippen LogP contribution in [0.15, 0.2) is 70.0 Å². The van der Waals surface area contributed by atoms with Crippen LogP contribution in [-0.4, -0.2) is 0 Å². The maximum absolute atomic E-state index is 4.52. The summed E-state index contributed by atoms with van der Waals surface area (Å²) >= 11 is 9.03. The van der Waals surface area contributed by atoms with E-state index in [1.807, 2.05) is 24.3 Å². The zero-order valence-electron chi connectivity index (χ0n) is 11.0. The van der Waals surface area contributed by atoms with Crippen LogP contribution in [0.1, 0.15) is 18.1 Å². The highest BCUT2D eigenvalue weighted by atomic mass is 32.1. The molecule has 19 heavy (non-hydrogen) atoms. The van der Waals surface area contributed by atoms with Crippen LogP contribution in [0.4, 0.5) is 0 Å². The highest BCUT2D eigenvalue weighted by molar-refractivity contribution is 7.80. The second-order valence-corrected chi connectivity index (χ2v) is 5.52. The molecule has 0 radical (unpaired) electrons. The van der Waals surface area contributed by atoms with Crippen molar-refractivity contribution in [2.45, 2.75) is 29.6 Å². The van der Waals surface area contributed by atoms with Crippen molar-refractivity contribution < 1.29 is 0 Å². The smallest absolute Gasteiger partial charge is 0.00752 e. The third kappa shape index (κ3) is 3.92. The van der Waals surface area contributed by atoms with Crippen LogP contribution in [0.2, 0.25) is 0 Å². The maximum atomic E-state index is 4.52. The molecule has 0 spiro atoms. The summed E-state index contributed by atoms with van der Waals surface area (Å²) in [5.74, 6) is 0. The van der Waals surface area contributed by atoms with Crippen LogP contribution in [0, 0.1) is 0 Å². The summed E-state index contributed by atoms with van der Waals surface area (Å²) in [6, 6.07) is 16.5. The number of hydrogen-bond donors (Lipinski definition) is 2. The molecule has 0 aliphatic heterocycles. The van der Waals surface area contributed by atoms with E-state index >= 15 is 0 Å². The Hall–Kier alpha value is -1.12. The summed E-state index contributed by atoms with van der Waals surface area (Å²) in [5.41, 5.74) is 3.94. The van der Waals surface area contributed by atoms with Gasteiger partial charge in [-0.15, -0.1) is 25.3 Å². The highest BCUT2D eigenvalue weighted by Crippen LogP contribution is 2.22. The van der Waals surface area contributed by atoms with Gasteiger partial charge in [0.15, 0.2) is 0 Å². The van der Waals surface area contributed by atoms with Crippen molar-refractivity contribution in [1.29, 1.82) is 0 Å². The molecule has 0 aromatic heterocycles. The van der Waals surface area contributed by atoms with Crippen LogP contribution in [-0.2, 0) is 12.8 Å². The van der Waals surface area contributed by atoms with E-state index in [0.717, 1.165) is 22.6 Å². The standard InChI is InChI=1S/C17H18S2/c1-2-13(11-14-7-3-5-9-16(14)18)12-15-8-4-6-10-17(15)19/h2-10,18-19H,11-12H2,1H3. The van der Waals surface area contributed by atoms with Gasteiger partial charge >= 0.3 is 0 Å². The Kier molecular flexibility index (Phi) is 5.17. The molecule has 0 heterocycles. The molecular weight excluding hydrogens is 268 g/mol. The van der Waals surface area contributed by atoms with E-state index < -0.39 is 0 Å². The normalized spacial score (nSPS) is 10.3. The second-order valence-electron chi connectivity index (χ2n) is 4.56. The SMILES string of the molecule is CC=C(Cc1ccccc1S)Cc1ccccc1S. The summed E-state index contributed by atoms with van der Waals surface area (Å²) in [4.78, 5) is 2.11. The topological polar surface area (TPSA) is 0 Å². The molecule has 0 amide bonds. The summed E-state index contributed by atoms with van der Waals surface area (Å²) in [7, 11) is 0. The fourth-order valence-electron chi connectivity index (χ4n) is 2.08. The number of allylic oxidation sites excluding steroid dienone is 2. The molecular formula is C17H18S2. The predicted molar refractivity (Wildman–Crippen MR) is 88.6 cm³/mol. The summed E-state index contributed by atoms with van der Waals surface area (Å²) < 4.78 is 0. The van der Waals surface area contributed by atoms with E-state index in [-0.39, 0.29) is 0 Å². The van der Waals surface area contributed by atoms with Crippen molar-refractivity contribution in [3.63, 3.8) is 0 Å². The van der Waals surface area contributed by atoms with Crippen LogP contribution < -0.4 is 0 Å². The Morgan fingerprint density at radius 3 is 1.63 bits per heavy atom. The molecule has 0 saturated carbocycles. The molecule has 2 heteroatoms.